The van der Waals surface area contributed by atoms with Gasteiger partial charge in [-0.3, -0.25) is 9.59 Å². The maximum atomic E-state index is 13.0. The summed E-state index contributed by atoms with van der Waals surface area (Å²) in [6.45, 7) is 7.24. The van der Waals surface area contributed by atoms with Crippen LogP contribution in [-0.2, 0) is 23.3 Å². The van der Waals surface area contributed by atoms with Gasteiger partial charge in [-0.15, -0.1) is 0 Å². The van der Waals surface area contributed by atoms with Crippen LogP contribution in [-0.4, -0.2) is 26.6 Å². The Bertz CT molecular complexity index is 883. The van der Waals surface area contributed by atoms with Gasteiger partial charge < -0.3 is 4.90 Å². The number of aromatic nitrogens is 2. The molecule has 1 atom stereocenters. The third-order valence-corrected chi connectivity index (χ3v) is 4.96. The maximum absolute atomic E-state index is 13.0. The highest BCUT2D eigenvalue weighted by atomic mass is 16.2. The molecule has 1 unspecified atom stereocenters. The second kappa shape index (κ2) is 5.48. The Morgan fingerprint density at radius 3 is 2.72 bits per heavy atom. The van der Waals surface area contributed by atoms with E-state index in [0.717, 1.165) is 22.6 Å². The lowest BCUT2D eigenvalue weighted by atomic mass is 9.95. The van der Waals surface area contributed by atoms with Crippen molar-refractivity contribution in [1.29, 1.82) is 0 Å². The molecule has 128 valence electrons. The number of benzene rings is 1. The Hall–Kier alpha value is -2.56. The van der Waals surface area contributed by atoms with E-state index in [4.69, 9.17) is 0 Å². The zero-order valence-corrected chi connectivity index (χ0v) is 14.7. The predicted octanol–water partition coefficient (Wildman–Crippen LogP) is 2.99. The molecule has 5 nitrogen and oxygen atoms in total. The van der Waals surface area contributed by atoms with Crippen LogP contribution < -0.4 is 0 Å². The van der Waals surface area contributed by atoms with Crippen molar-refractivity contribution >= 4 is 11.7 Å². The molecule has 1 aromatic heterocycles. The number of rotatable bonds is 1. The summed E-state index contributed by atoms with van der Waals surface area (Å²) in [7, 11) is 0. The summed E-state index contributed by atoms with van der Waals surface area (Å²) in [6.07, 6.45) is 2.11. The van der Waals surface area contributed by atoms with E-state index in [2.05, 4.69) is 30.7 Å². The molecule has 2 heterocycles. The Kier molecular flexibility index (Phi) is 3.49. The standard InChI is InChI=1S/C20H21N3O2/c1-20(2,3)19-21-9-12-10-23(11-16(12)22-19)18(25)15-8-17(24)14-7-5-4-6-13(14)15/h4-7,9,15H,8,10-11H2,1-3H3. The van der Waals surface area contributed by atoms with Crippen molar-refractivity contribution in [3.63, 3.8) is 0 Å². The minimum absolute atomic E-state index is 0.00797. The minimum Gasteiger partial charge on any atom is -0.332 e. The molecule has 0 N–H and O–H groups in total. The molecule has 0 spiro atoms. The van der Waals surface area contributed by atoms with Crippen LogP contribution >= 0.6 is 0 Å². The second-order valence-electron chi connectivity index (χ2n) is 7.88. The lowest BCUT2D eigenvalue weighted by Crippen LogP contribution is -2.30. The van der Waals surface area contributed by atoms with E-state index in [1.807, 2.05) is 30.5 Å². The van der Waals surface area contributed by atoms with Crippen molar-refractivity contribution in [2.45, 2.75) is 51.6 Å². The van der Waals surface area contributed by atoms with Crippen molar-refractivity contribution in [2.75, 3.05) is 0 Å². The number of hydrogen-bond donors (Lipinski definition) is 0. The molecule has 25 heavy (non-hydrogen) atoms. The van der Waals surface area contributed by atoms with Crippen molar-refractivity contribution < 1.29 is 9.59 Å². The van der Waals surface area contributed by atoms with Crippen molar-refractivity contribution in [3.05, 3.63) is 58.7 Å². The molecular weight excluding hydrogens is 314 g/mol. The Balaban J connectivity index is 1.58. The number of amides is 1. The smallest absolute Gasteiger partial charge is 0.231 e. The monoisotopic (exact) mass is 335 g/mol. The van der Waals surface area contributed by atoms with Crippen LogP contribution in [0.1, 0.15) is 66.1 Å². The lowest BCUT2D eigenvalue weighted by Gasteiger charge is -2.20. The van der Waals surface area contributed by atoms with Gasteiger partial charge in [0.2, 0.25) is 5.91 Å². The number of ketones is 1. The first kappa shape index (κ1) is 15.9. The van der Waals surface area contributed by atoms with Gasteiger partial charge in [0.15, 0.2) is 5.78 Å². The van der Waals surface area contributed by atoms with Crippen molar-refractivity contribution in [3.8, 4) is 0 Å². The number of carbonyl (C=O) groups is 2. The number of carbonyl (C=O) groups excluding carboxylic acids is 2. The fourth-order valence-electron chi connectivity index (χ4n) is 3.57. The van der Waals surface area contributed by atoms with E-state index in [9.17, 15) is 9.59 Å². The molecule has 1 aliphatic carbocycles. The van der Waals surface area contributed by atoms with Gasteiger partial charge in [0.25, 0.3) is 0 Å². The molecule has 4 rings (SSSR count). The van der Waals surface area contributed by atoms with Crippen molar-refractivity contribution in [1.82, 2.24) is 14.9 Å². The van der Waals surface area contributed by atoms with E-state index in [1.165, 1.54) is 0 Å². The van der Waals surface area contributed by atoms with Gasteiger partial charge in [0, 0.05) is 35.7 Å². The van der Waals surface area contributed by atoms with E-state index in [0.29, 0.717) is 18.7 Å². The molecular formula is C20H21N3O2. The molecule has 0 radical (unpaired) electrons. The summed E-state index contributed by atoms with van der Waals surface area (Å²) in [5.74, 6) is 0.490. The zero-order valence-electron chi connectivity index (χ0n) is 14.7. The fourth-order valence-corrected chi connectivity index (χ4v) is 3.57. The lowest BCUT2D eigenvalue weighted by molar-refractivity contribution is -0.133. The van der Waals surface area contributed by atoms with Crippen LogP contribution in [0.3, 0.4) is 0 Å². The minimum atomic E-state index is -0.368. The van der Waals surface area contributed by atoms with Crippen LogP contribution in [0.15, 0.2) is 30.5 Å². The highest BCUT2D eigenvalue weighted by Crippen LogP contribution is 2.36. The number of nitrogens with zero attached hydrogens (tertiary/aromatic N) is 3. The summed E-state index contributed by atoms with van der Waals surface area (Å²) in [4.78, 5) is 36.1. The van der Waals surface area contributed by atoms with Crippen LogP contribution in [0.25, 0.3) is 0 Å². The first-order chi connectivity index (χ1) is 11.8. The maximum Gasteiger partial charge on any atom is 0.231 e. The van der Waals surface area contributed by atoms with Gasteiger partial charge in [-0.2, -0.15) is 0 Å². The SMILES string of the molecule is CC(C)(C)c1ncc2c(n1)CN(C(=O)C1CC(=O)c3ccccc31)C2. The van der Waals surface area contributed by atoms with Crippen molar-refractivity contribution in [2.24, 2.45) is 0 Å². The quantitative estimate of drug-likeness (QED) is 0.804. The van der Waals surface area contributed by atoms with Gasteiger partial charge >= 0.3 is 0 Å². The third-order valence-electron chi connectivity index (χ3n) is 4.96. The molecule has 0 saturated heterocycles. The third kappa shape index (κ3) is 2.64. The van der Waals surface area contributed by atoms with Crippen LogP contribution in [0.5, 0.6) is 0 Å². The normalized spacial score (nSPS) is 19.1. The molecule has 0 bridgehead atoms. The molecule has 1 aliphatic heterocycles. The molecule has 1 aromatic carbocycles. The van der Waals surface area contributed by atoms with Gasteiger partial charge in [0.1, 0.15) is 5.82 Å². The van der Waals surface area contributed by atoms with Gasteiger partial charge in [0.05, 0.1) is 18.2 Å². The van der Waals surface area contributed by atoms with E-state index >= 15 is 0 Å². The highest BCUT2D eigenvalue weighted by Gasteiger charge is 2.38. The largest absolute Gasteiger partial charge is 0.332 e. The molecule has 0 saturated carbocycles. The summed E-state index contributed by atoms with van der Waals surface area (Å²) in [5, 5.41) is 0. The molecule has 5 heteroatoms. The summed E-state index contributed by atoms with van der Waals surface area (Å²) >= 11 is 0. The van der Waals surface area contributed by atoms with Gasteiger partial charge in [-0.1, -0.05) is 45.0 Å². The van der Waals surface area contributed by atoms with Crippen LogP contribution in [0.4, 0.5) is 0 Å². The predicted molar refractivity (Wildman–Crippen MR) is 93.1 cm³/mol. The Morgan fingerprint density at radius 1 is 1.20 bits per heavy atom. The average molecular weight is 335 g/mol. The van der Waals surface area contributed by atoms with Crippen LogP contribution in [0, 0.1) is 0 Å². The first-order valence-electron chi connectivity index (χ1n) is 8.61. The number of Topliss-reactive ketones (excluding diaryl/α,β-unsaturated/α-hetero) is 1. The highest BCUT2D eigenvalue weighted by molar-refractivity contribution is 6.06. The summed E-state index contributed by atoms with van der Waals surface area (Å²) < 4.78 is 0. The Morgan fingerprint density at radius 2 is 1.96 bits per heavy atom. The zero-order chi connectivity index (χ0) is 17.8. The molecule has 1 amide bonds. The van der Waals surface area contributed by atoms with Gasteiger partial charge in [-0.05, 0) is 5.56 Å². The Labute approximate surface area is 147 Å². The summed E-state index contributed by atoms with van der Waals surface area (Å²) in [5.41, 5.74) is 3.34. The first-order valence-corrected chi connectivity index (χ1v) is 8.61. The molecule has 2 aliphatic rings. The van der Waals surface area contributed by atoms with Crippen LogP contribution in [0.2, 0.25) is 0 Å². The van der Waals surface area contributed by atoms with E-state index in [1.54, 1.807) is 4.90 Å². The number of fused-ring (bicyclic) bond motifs is 2. The number of hydrogen-bond acceptors (Lipinski definition) is 4. The molecule has 0 fully saturated rings. The topological polar surface area (TPSA) is 63.2 Å². The van der Waals surface area contributed by atoms with E-state index < -0.39 is 0 Å². The molecule has 2 aromatic rings. The summed E-state index contributed by atoms with van der Waals surface area (Å²) in [6, 6.07) is 7.44. The van der Waals surface area contributed by atoms with Gasteiger partial charge in [-0.25, -0.2) is 9.97 Å². The fraction of sp³-hybridized carbons (Fsp3) is 0.400. The second-order valence-corrected chi connectivity index (χ2v) is 7.88. The average Bonchev–Trinajstić information content (AvgIpc) is 3.14. The van der Waals surface area contributed by atoms with E-state index in [-0.39, 0.29) is 29.4 Å².